The molecule has 0 aliphatic carbocycles. The topological polar surface area (TPSA) is 0 Å². The molecular formula is C15H20. The van der Waals surface area contributed by atoms with E-state index in [0.717, 1.165) is 6.42 Å². The van der Waals surface area contributed by atoms with Crippen LogP contribution < -0.4 is 0 Å². The lowest BCUT2D eigenvalue weighted by molar-refractivity contribution is 1.21. The molecule has 0 unspecified atom stereocenters. The Bertz CT molecular complexity index is 277. The van der Waals surface area contributed by atoms with Crippen molar-refractivity contribution in [3.8, 4) is 0 Å². The summed E-state index contributed by atoms with van der Waals surface area (Å²) < 4.78 is 0. The van der Waals surface area contributed by atoms with Crippen molar-refractivity contribution in [1.82, 2.24) is 0 Å². The first-order valence-corrected chi connectivity index (χ1v) is 5.17. The molecule has 0 radical (unpaired) electrons. The van der Waals surface area contributed by atoms with Gasteiger partial charge in [0.25, 0.3) is 0 Å². The van der Waals surface area contributed by atoms with Gasteiger partial charge in [0.05, 0.1) is 0 Å². The molecule has 0 aromatic carbocycles. The molecule has 0 saturated carbocycles. The summed E-state index contributed by atoms with van der Waals surface area (Å²) in [5.74, 6) is 0. The first kappa shape index (κ1) is 13.4. The van der Waals surface area contributed by atoms with Crippen LogP contribution in [0, 0.1) is 0 Å². The van der Waals surface area contributed by atoms with E-state index in [1.54, 1.807) is 0 Å². The molecule has 0 heteroatoms. The van der Waals surface area contributed by atoms with Gasteiger partial charge in [-0.3, -0.25) is 0 Å². The van der Waals surface area contributed by atoms with Crippen molar-refractivity contribution in [3.05, 3.63) is 72.9 Å². The highest BCUT2D eigenvalue weighted by atomic mass is 14.0. The van der Waals surface area contributed by atoms with E-state index in [1.807, 2.05) is 50.3 Å². The minimum Gasteiger partial charge on any atom is -0.0988 e. The van der Waals surface area contributed by atoms with Crippen LogP contribution in [0.1, 0.15) is 20.3 Å². The van der Waals surface area contributed by atoms with Gasteiger partial charge >= 0.3 is 0 Å². The van der Waals surface area contributed by atoms with Crippen molar-refractivity contribution >= 4 is 0 Å². The summed E-state index contributed by atoms with van der Waals surface area (Å²) in [6, 6.07) is 0. The van der Waals surface area contributed by atoms with Gasteiger partial charge in [0.15, 0.2) is 0 Å². The quantitative estimate of drug-likeness (QED) is 0.543. The average molecular weight is 200 g/mol. The standard InChI is InChI=1S/C15H20/c1-5-9-11-14(7-3)13-15(8-4)12-10-6-2/h5-12H,3-4,13H2,1-2H3/b9-5-,10-6-,14-11+,15-12+. The van der Waals surface area contributed by atoms with Gasteiger partial charge in [-0.2, -0.15) is 0 Å². The SMILES string of the molecule is C=C/C(=C\C=C/C)C/C(C=C)=C/C=C\C. The Hall–Kier alpha value is -1.56. The second-order valence-corrected chi connectivity index (χ2v) is 3.12. The van der Waals surface area contributed by atoms with E-state index in [-0.39, 0.29) is 0 Å². The molecule has 0 bridgehead atoms. The van der Waals surface area contributed by atoms with Gasteiger partial charge in [0.2, 0.25) is 0 Å². The highest BCUT2D eigenvalue weighted by Crippen LogP contribution is 2.13. The molecule has 0 N–H and O–H groups in total. The van der Waals surface area contributed by atoms with Gasteiger partial charge in [-0.25, -0.2) is 0 Å². The van der Waals surface area contributed by atoms with Crippen LogP contribution in [0.25, 0.3) is 0 Å². The van der Waals surface area contributed by atoms with Crippen molar-refractivity contribution in [2.45, 2.75) is 20.3 Å². The molecule has 0 aromatic heterocycles. The first-order chi connectivity index (χ1) is 7.28. The van der Waals surface area contributed by atoms with Gasteiger partial charge in [0.1, 0.15) is 0 Å². The monoisotopic (exact) mass is 200 g/mol. The zero-order chi connectivity index (χ0) is 11.5. The van der Waals surface area contributed by atoms with E-state index in [4.69, 9.17) is 0 Å². The summed E-state index contributed by atoms with van der Waals surface area (Å²) in [4.78, 5) is 0. The molecule has 0 aliphatic rings. The molecule has 0 aliphatic heterocycles. The lowest BCUT2D eigenvalue weighted by Crippen LogP contribution is -1.81. The fourth-order valence-electron chi connectivity index (χ4n) is 1.07. The highest BCUT2D eigenvalue weighted by Gasteiger charge is 1.93. The minimum absolute atomic E-state index is 0.877. The Morgan fingerprint density at radius 3 is 1.53 bits per heavy atom. The van der Waals surface area contributed by atoms with Crippen molar-refractivity contribution in [2.75, 3.05) is 0 Å². The van der Waals surface area contributed by atoms with Gasteiger partial charge < -0.3 is 0 Å². The molecule has 0 fully saturated rings. The summed E-state index contributed by atoms with van der Waals surface area (Å²) >= 11 is 0. The number of hydrogen-bond acceptors (Lipinski definition) is 0. The van der Waals surface area contributed by atoms with Crippen molar-refractivity contribution in [3.63, 3.8) is 0 Å². The summed E-state index contributed by atoms with van der Waals surface area (Å²) in [5, 5.41) is 0. The van der Waals surface area contributed by atoms with E-state index in [0.29, 0.717) is 0 Å². The Morgan fingerprint density at radius 1 is 0.867 bits per heavy atom. The molecule has 15 heavy (non-hydrogen) atoms. The van der Waals surface area contributed by atoms with Crippen LogP contribution >= 0.6 is 0 Å². The molecule has 0 amide bonds. The Labute approximate surface area is 93.7 Å². The van der Waals surface area contributed by atoms with E-state index in [9.17, 15) is 0 Å². The smallest absolute Gasteiger partial charge is 0.00262 e. The third-order valence-corrected chi connectivity index (χ3v) is 1.94. The number of hydrogen-bond donors (Lipinski definition) is 0. The summed E-state index contributed by atoms with van der Waals surface area (Å²) in [6.07, 6.45) is 16.8. The van der Waals surface area contributed by atoms with Gasteiger partial charge in [-0.1, -0.05) is 61.8 Å². The molecule has 0 aromatic rings. The zero-order valence-electron chi connectivity index (χ0n) is 9.74. The summed E-state index contributed by atoms with van der Waals surface area (Å²) in [7, 11) is 0. The van der Waals surface area contributed by atoms with Crippen LogP contribution in [0.15, 0.2) is 72.9 Å². The molecule has 0 spiro atoms. The molecule has 0 atom stereocenters. The van der Waals surface area contributed by atoms with E-state index in [2.05, 4.69) is 25.3 Å². The Kier molecular flexibility index (Phi) is 8.08. The number of allylic oxidation sites excluding steroid dienone is 10. The van der Waals surface area contributed by atoms with E-state index in [1.165, 1.54) is 11.1 Å². The average Bonchev–Trinajstić information content (AvgIpc) is 2.28. The maximum absolute atomic E-state index is 3.80. The molecule has 0 nitrogen and oxygen atoms in total. The third-order valence-electron chi connectivity index (χ3n) is 1.94. The van der Waals surface area contributed by atoms with Crippen molar-refractivity contribution in [2.24, 2.45) is 0 Å². The van der Waals surface area contributed by atoms with Crippen LogP contribution in [0.2, 0.25) is 0 Å². The van der Waals surface area contributed by atoms with Gasteiger partial charge in [-0.05, 0) is 31.4 Å². The Morgan fingerprint density at radius 2 is 1.27 bits per heavy atom. The maximum Gasteiger partial charge on any atom is -0.00262 e. The lowest BCUT2D eigenvalue weighted by Gasteiger charge is -2.01. The fourth-order valence-corrected chi connectivity index (χ4v) is 1.07. The highest BCUT2D eigenvalue weighted by molar-refractivity contribution is 5.33. The zero-order valence-corrected chi connectivity index (χ0v) is 9.74. The van der Waals surface area contributed by atoms with Gasteiger partial charge in [-0.15, -0.1) is 0 Å². The predicted molar refractivity (Wildman–Crippen MR) is 70.8 cm³/mol. The van der Waals surface area contributed by atoms with Crippen LogP contribution in [0.5, 0.6) is 0 Å². The normalized spacial score (nSPS) is 13.7. The molecular weight excluding hydrogens is 180 g/mol. The maximum atomic E-state index is 3.80. The number of rotatable bonds is 6. The molecule has 0 saturated heterocycles. The second kappa shape index (κ2) is 9.01. The van der Waals surface area contributed by atoms with Gasteiger partial charge in [0, 0.05) is 0 Å². The van der Waals surface area contributed by atoms with E-state index >= 15 is 0 Å². The van der Waals surface area contributed by atoms with Crippen molar-refractivity contribution < 1.29 is 0 Å². The predicted octanol–water partition coefficient (Wildman–Crippen LogP) is 4.75. The summed E-state index contributed by atoms with van der Waals surface area (Å²) in [6.45, 7) is 11.6. The fraction of sp³-hybridized carbons (Fsp3) is 0.200. The second-order valence-electron chi connectivity index (χ2n) is 3.12. The largest absolute Gasteiger partial charge is 0.0988 e. The lowest BCUT2D eigenvalue weighted by atomic mass is 10.0. The molecule has 80 valence electrons. The Balaban J connectivity index is 4.64. The summed E-state index contributed by atoms with van der Waals surface area (Å²) in [5.41, 5.74) is 2.40. The molecule has 0 rings (SSSR count). The third kappa shape index (κ3) is 6.50. The first-order valence-electron chi connectivity index (χ1n) is 5.17. The van der Waals surface area contributed by atoms with Crippen LogP contribution in [-0.4, -0.2) is 0 Å². The molecule has 0 heterocycles. The van der Waals surface area contributed by atoms with Crippen LogP contribution in [0.3, 0.4) is 0 Å². The van der Waals surface area contributed by atoms with Crippen LogP contribution in [0.4, 0.5) is 0 Å². The van der Waals surface area contributed by atoms with Crippen LogP contribution in [-0.2, 0) is 0 Å². The van der Waals surface area contributed by atoms with Crippen molar-refractivity contribution in [1.29, 1.82) is 0 Å². The van der Waals surface area contributed by atoms with E-state index < -0.39 is 0 Å². The minimum atomic E-state index is 0.877.